The van der Waals surface area contributed by atoms with Gasteiger partial charge in [0.25, 0.3) is 0 Å². The average molecular weight is 212 g/mol. The predicted octanol–water partition coefficient (Wildman–Crippen LogP) is 0.538. The summed E-state index contributed by atoms with van der Waals surface area (Å²) < 4.78 is 10.6. The van der Waals surface area contributed by atoms with Crippen molar-refractivity contribution < 1.29 is 9.15 Å². The molecule has 6 heteroatoms. The van der Waals surface area contributed by atoms with Crippen molar-refractivity contribution in [1.29, 1.82) is 0 Å². The van der Waals surface area contributed by atoms with E-state index in [1.54, 1.807) is 0 Å². The molecule has 0 aliphatic carbocycles. The van der Waals surface area contributed by atoms with E-state index in [9.17, 15) is 0 Å². The van der Waals surface area contributed by atoms with Crippen molar-refractivity contribution in [2.75, 3.05) is 25.1 Å². The van der Waals surface area contributed by atoms with Gasteiger partial charge in [-0.25, -0.2) is 0 Å². The zero-order chi connectivity index (χ0) is 10.7. The van der Waals surface area contributed by atoms with Gasteiger partial charge in [0.15, 0.2) is 0 Å². The first-order valence-electron chi connectivity index (χ1n) is 5.16. The normalized spacial score (nSPS) is 22.9. The molecule has 0 spiro atoms. The van der Waals surface area contributed by atoms with Crippen LogP contribution in [0.15, 0.2) is 4.42 Å². The Hall–Kier alpha value is -1.14. The van der Waals surface area contributed by atoms with Gasteiger partial charge in [0.2, 0.25) is 5.89 Å². The highest BCUT2D eigenvalue weighted by molar-refractivity contribution is 5.17. The molecule has 0 amide bonds. The molecule has 0 saturated carbocycles. The molecule has 6 nitrogen and oxygen atoms in total. The van der Waals surface area contributed by atoms with Crippen LogP contribution in [0.4, 0.5) is 6.01 Å². The van der Waals surface area contributed by atoms with Gasteiger partial charge in [-0.2, -0.15) is 0 Å². The van der Waals surface area contributed by atoms with Gasteiger partial charge < -0.3 is 20.2 Å². The average Bonchev–Trinajstić information content (AvgIpc) is 2.86. The molecule has 84 valence electrons. The number of nitrogens with zero attached hydrogens (tertiary/aromatic N) is 2. The summed E-state index contributed by atoms with van der Waals surface area (Å²) >= 11 is 0. The van der Waals surface area contributed by atoms with Crippen LogP contribution in [0.5, 0.6) is 0 Å². The lowest BCUT2D eigenvalue weighted by Gasteiger charge is -2.06. The molecular weight excluding hydrogens is 196 g/mol. The number of hydrogen-bond acceptors (Lipinski definition) is 6. The van der Waals surface area contributed by atoms with Crippen LogP contribution in [-0.2, 0) is 4.74 Å². The third-order valence-electron chi connectivity index (χ3n) is 2.40. The summed E-state index contributed by atoms with van der Waals surface area (Å²) in [7, 11) is 0. The Morgan fingerprint density at radius 1 is 1.60 bits per heavy atom. The van der Waals surface area contributed by atoms with Gasteiger partial charge >= 0.3 is 6.01 Å². The number of anilines is 1. The molecule has 1 aromatic heterocycles. The maximum absolute atomic E-state index is 5.60. The molecular formula is C9H16N4O2. The minimum atomic E-state index is -0.220. The van der Waals surface area contributed by atoms with Gasteiger partial charge in [0.05, 0.1) is 12.6 Å². The zero-order valence-corrected chi connectivity index (χ0v) is 8.77. The molecule has 0 radical (unpaired) electrons. The van der Waals surface area contributed by atoms with E-state index < -0.39 is 0 Å². The SMILES string of the molecule is CC(N)c1nnc(NCC2CCOC2)o1. The molecule has 2 unspecified atom stereocenters. The lowest BCUT2D eigenvalue weighted by atomic mass is 10.1. The minimum Gasteiger partial charge on any atom is -0.406 e. The van der Waals surface area contributed by atoms with E-state index in [2.05, 4.69) is 15.5 Å². The Balaban J connectivity index is 1.82. The van der Waals surface area contributed by atoms with Gasteiger partial charge in [-0.3, -0.25) is 0 Å². The van der Waals surface area contributed by atoms with Crippen molar-refractivity contribution in [3.63, 3.8) is 0 Å². The second kappa shape index (κ2) is 4.59. The van der Waals surface area contributed by atoms with E-state index in [1.165, 1.54) is 0 Å². The van der Waals surface area contributed by atoms with Gasteiger partial charge in [-0.15, -0.1) is 5.10 Å². The minimum absolute atomic E-state index is 0.220. The fraction of sp³-hybridized carbons (Fsp3) is 0.778. The second-order valence-corrected chi connectivity index (χ2v) is 3.84. The highest BCUT2D eigenvalue weighted by atomic mass is 16.5. The van der Waals surface area contributed by atoms with Crippen molar-refractivity contribution in [3.8, 4) is 0 Å². The topological polar surface area (TPSA) is 86.2 Å². The Kier molecular flexibility index (Phi) is 3.17. The summed E-state index contributed by atoms with van der Waals surface area (Å²) in [6.45, 7) is 4.27. The molecule has 15 heavy (non-hydrogen) atoms. The molecule has 1 saturated heterocycles. The summed E-state index contributed by atoms with van der Waals surface area (Å²) in [4.78, 5) is 0. The van der Waals surface area contributed by atoms with Crippen LogP contribution in [-0.4, -0.2) is 30.0 Å². The molecule has 2 rings (SSSR count). The first-order valence-corrected chi connectivity index (χ1v) is 5.16. The molecule has 0 aromatic carbocycles. The quantitative estimate of drug-likeness (QED) is 0.757. The predicted molar refractivity (Wildman–Crippen MR) is 54.3 cm³/mol. The summed E-state index contributed by atoms with van der Waals surface area (Å²) in [5.74, 6) is 0.996. The molecule has 1 aliphatic rings. The Morgan fingerprint density at radius 3 is 3.07 bits per heavy atom. The fourth-order valence-electron chi connectivity index (χ4n) is 1.47. The number of nitrogens with one attached hydrogen (secondary N) is 1. The van der Waals surface area contributed by atoms with E-state index in [0.717, 1.165) is 26.2 Å². The summed E-state index contributed by atoms with van der Waals surface area (Å²) in [6.07, 6.45) is 1.08. The van der Waals surface area contributed by atoms with E-state index in [1.807, 2.05) is 6.92 Å². The maximum atomic E-state index is 5.60. The molecule has 2 heterocycles. The van der Waals surface area contributed by atoms with Crippen LogP contribution in [0.3, 0.4) is 0 Å². The molecule has 1 aromatic rings. The van der Waals surface area contributed by atoms with Crippen molar-refractivity contribution in [1.82, 2.24) is 10.2 Å². The lowest BCUT2D eigenvalue weighted by Crippen LogP contribution is -2.14. The Morgan fingerprint density at radius 2 is 2.47 bits per heavy atom. The van der Waals surface area contributed by atoms with Crippen LogP contribution in [0, 0.1) is 5.92 Å². The summed E-state index contributed by atoms with van der Waals surface area (Å²) in [5, 5.41) is 10.8. The van der Waals surface area contributed by atoms with Crippen LogP contribution < -0.4 is 11.1 Å². The van der Waals surface area contributed by atoms with Crippen LogP contribution in [0.25, 0.3) is 0 Å². The van der Waals surface area contributed by atoms with E-state index >= 15 is 0 Å². The molecule has 0 bridgehead atoms. The number of hydrogen-bond donors (Lipinski definition) is 2. The van der Waals surface area contributed by atoms with Gasteiger partial charge in [0, 0.05) is 19.1 Å². The van der Waals surface area contributed by atoms with E-state index in [4.69, 9.17) is 14.9 Å². The number of rotatable bonds is 4. The monoisotopic (exact) mass is 212 g/mol. The van der Waals surface area contributed by atoms with Crippen molar-refractivity contribution >= 4 is 6.01 Å². The third kappa shape index (κ3) is 2.66. The number of nitrogens with two attached hydrogens (primary N) is 1. The van der Waals surface area contributed by atoms with E-state index in [0.29, 0.717) is 17.8 Å². The third-order valence-corrected chi connectivity index (χ3v) is 2.40. The number of ether oxygens (including phenoxy) is 1. The van der Waals surface area contributed by atoms with Crippen LogP contribution in [0.2, 0.25) is 0 Å². The van der Waals surface area contributed by atoms with Crippen molar-refractivity contribution in [2.45, 2.75) is 19.4 Å². The van der Waals surface area contributed by atoms with Crippen molar-refractivity contribution in [3.05, 3.63) is 5.89 Å². The molecule has 3 N–H and O–H groups in total. The van der Waals surface area contributed by atoms with Crippen LogP contribution in [0.1, 0.15) is 25.3 Å². The molecule has 2 atom stereocenters. The second-order valence-electron chi connectivity index (χ2n) is 3.84. The first-order chi connectivity index (χ1) is 7.25. The maximum Gasteiger partial charge on any atom is 0.315 e. The fourth-order valence-corrected chi connectivity index (χ4v) is 1.47. The smallest absolute Gasteiger partial charge is 0.315 e. The Labute approximate surface area is 88.2 Å². The highest BCUT2D eigenvalue weighted by Gasteiger charge is 2.16. The summed E-state index contributed by atoms with van der Waals surface area (Å²) in [5.41, 5.74) is 5.60. The van der Waals surface area contributed by atoms with Gasteiger partial charge in [-0.1, -0.05) is 5.10 Å². The molecule has 1 fully saturated rings. The first kappa shape index (κ1) is 10.4. The lowest BCUT2D eigenvalue weighted by molar-refractivity contribution is 0.187. The van der Waals surface area contributed by atoms with Gasteiger partial charge in [0.1, 0.15) is 0 Å². The van der Waals surface area contributed by atoms with Gasteiger partial charge in [-0.05, 0) is 13.3 Å². The van der Waals surface area contributed by atoms with Crippen molar-refractivity contribution in [2.24, 2.45) is 11.7 Å². The largest absolute Gasteiger partial charge is 0.406 e. The standard InChI is InChI=1S/C9H16N4O2/c1-6(10)8-12-13-9(15-8)11-4-7-2-3-14-5-7/h6-7H,2-5,10H2,1H3,(H,11,13). The number of aromatic nitrogens is 2. The zero-order valence-electron chi connectivity index (χ0n) is 8.77. The Bertz CT molecular complexity index is 307. The van der Waals surface area contributed by atoms with E-state index in [-0.39, 0.29) is 6.04 Å². The van der Waals surface area contributed by atoms with Crippen LogP contribution >= 0.6 is 0 Å². The molecule has 1 aliphatic heterocycles. The highest BCUT2D eigenvalue weighted by Crippen LogP contribution is 2.15. The summed E-state index contributed by atoms with van der Waals surface area (Å²) in [6, 6.07) is 0.220.